The lowest BCUT2D eigenvalue weighted by molar-refractivity contribution is -0.306. The number of benzene rings is 3. The third-order valence-electron chi connectivity index (χ3n) is 5.45. The van der Waals surface area contributed by atoms with E-state index < -0.39 is 18.1 Å². The van der Waals surface area contributed by atoms with E-state index in [4.69, 9.17) is 16.3 Å². The smallest absolute Gasteiger partial charge is 0.407 e. The molecule has 0 bridgehead atoms. The molecule has 0 spiro atoms. The fourth-order valence-corrected chi connectivity index (χ4v) is 4.34. The van der Waals surface area contributed by atoms with Crippen molar-refractivity contribution in [2.24, 2.45) is 0 Å². The summed E-state index contributed by atoms with van der Waals surface area (Å²) >= 11 is 6.00. The molecule has 4 rings (SSSR count). The molecule has 158 valence electrons. The van der Waals surface area contributed by atoms with E-state index in [1.165, 1.54) is 0 Å². The van der Waals surface area contributed by atoms with Gasteiger partial charge >= 0.3 is 6.09 Å². The first kappa shape index (κ1) is 20.9. The van der Waals surface area contributed by atoms with Gasteiger partial charge in [0.15, 0.2) is 0 Å². The molecule has 1 aliphatic rings. The van der Waals surface area contributed by atoms with Crippen molar-refractivity contribution in [1.82, 2.24) is 5.32 Å². The number of hydrogen-bond donors (Lipinski definition) is 1. The number of fused-ring (bicyclic) bond motifs is 3. The highest BCUT2D eigenvalue weighted by molar-refractivity contribution is 6.30. The van der Waals surface area contributed by atoms with Crippen molar-refractivity contribution in [1.29, 1.82) is 0 Å². The van der Waals surface area contributed by atoms with Crippen molar-refractivity contribution < 1.29 is 19.4 Å². The zero-order chi connectivity index (χ0) is 21.8. The summed E-state index contributed by atoms with van der Waals surface area (Å²) < 4.78 is 5.52. The molecule has 0 heterocycles. The number of carbonyl (C=O) groups excluding carboxylic acids is 2. The summed E-state index contributed by atoms with van der Waals surface area (Å²) in [5, 5.41) is 14.4. The summed E-state index contributed by atoms with van der Waals surface area (Å²) in [7, 11) is 0. The minimum atomic E-state index is -1.24. The normalized spacial score (nSPS) is 13.2. The number of carbonyl (C=O) groups is 2. The van der Waals surface area contributed by atoms with Crippen LogP contribution < -0.4 is 10.4 Å². The molecule has 6 heteroatoms. The second kappa shape index (κ2) is 9.23. The van der Waals surface area contributed by atoms with Crippen LogP contribution in [0.5, 0.6) is 0 Å². The van der Waals surface area contributed by atoms with Gasteiger partial charge in [0.2, 0.25) is 0 Å². The molecule has 1 amide bonds. The first-order chi connectivity index (χ1) is 15.0. The van der Waals surface area contributed by atoms with E-state index in [-0.39, 0.29) is 18.9 Å². The molecule has 31 heavy (non-hydrogen) atoms. The van der Waals surface area contributed by atoms with Gasteiger partial charge < -0.3 is 20.0 Å². The van der Waals surface area contributed by atoms with Crippen LogP contribution in [0.1, 0.15) is 29.0 Å². The van der Waals surface area contributed by atoms with E-state index in [9.17, 15) is 14.7 Å². The topological polar surface area (TPSA) is 78.5 Å². The Morgan fingerprint density at radius 2 is 1.61 bits per heavy atom. The maximum absolute atomic E-state index is 12.5. The Bertz CT molecular complexity index is 1070. The molecule has 1 atom stereocenters. The van der Waals surface area contributed by atoms with Crippen LogP contribution in [0.4, 0.5) is 4.79 Å². The number of amides is 1. The van der Waals surface area contributed by atoms with Gasteiger partial charge in [-0.15, -0.1) is 0 Å². The summed E-state index contributed by atoms with van der Waals surface area (Å²) in [5.74, 6) is -1.31. The third kappa shape index (κ3) is 4.89. The van der Waals surface area contributed by atoms with Crippen LogP contribution in [0.25, 0.3) is 11.1 Å². The average Bonchev–Trinajstić information content (AvgIpc) is 3.06. The number of hydrogen-bond acceptors (Lipinski definition) is 4. The van der Waals surface area contributed by atoms with Gasteiger partial charge in [-0.1, -0.05) is 72.3 Å². The molecule has 0 aromatic heterocycles. The van der Waals surface area contributed by atoms with Crippen LogP contribution in [-0.4, -0.2) is 24.7 Å². The Morgan fingerprint density at radius 3 is 2.23 bits per heavy atom. The Morgan fingerprint density at radius 1 is 0.968 bits per heavy atom. The fraction of sp³-hybridized carbons (Fsp3) is 0.200. The number of alkyl carbamates (subject to hydrolysis) is 1. The quantitative estimate of drug-likeness (QED) is 0.611. The van der Waals surface area contributed by atoms with Crippen molar-refractivity contribution in [3.05, 3.63) is 94.5 Å². The molecule has 0 saturated heterocycles. The Balaban J connectivity index is 1.43. The van der Waals surface area contributed by atoms with Gasteiger partial charge in [-0.25, -0.2) is 4.79 Å². The number of nitrogens with one attached hydrogen (secondary N) is 1. The number of ether oxygens (including phenoxy) is 1. The Hall–Kier alpha value is -3.31. The number of halogens is 1. The lowest BCUT2D eigenvalue weighted by atomic mass is 9.98. The van der Waals surface area contributed by atoms with Gasteiger partial charge in [-0.2, -0.15) is 0 Å². The summed E-state index contributed by atoms with van der Waals surface area (Å²) in [6, 6.07) is 22.5. The molecule has 1 N–H and O–H groups in total. The van der Waals surface area contributed by atoms with Crippen molar-refractivity contribution in [2.75, 3.05) is 6.61 Å². The minimum Gasteiger partial charge on any atom is -0.550 e. The monoisotopic (exact) mass is 434 g/mol. The largest absolute Gasteiger partial charge is 0.550 e. The average molecular weight is 435 g/mol. The second-order valence-corrected chi connectivity index (χ2v) is 8.01. The summed E-state index contributed by atoms with van der Waals surface area (Å²) in [6.07, 6.45) is -0.676. The van der Waals surface area contributed by atoms with Crippen molar-refractivity contribution >= 4 is 23.7 Å². The molecule has 0 aliphatic heterocycles. The van der Waals surface area contributed by atoms with E-state index in [1.807, 2.05) is 42.5 Å². The molecule has 1 aliphatic carbocycles. The highest BCUT2D eigenvalue weighted by Crippen LogP contribution is 2.44. The van der Waals surface area contributed by atoms with E-state index in [0.717, 1.165) is 27.8 Å². The third-order valence-corrected chi connectivity index (χ3v) is 5.68. The van der Waals surface area contributed by atoms with E-state index in [1.54, 1.807) is 18.2 Å². The number of carboxylic acids is 1. The predicted molar refractivity (Wildman–Crippen MR) is 117 cm³/mol. The van der Waals surface area contributed by atoms with E-state index >= 15 is 0 Å². The predicted octanol–water partition coefficient (Wildman–Crippen LogP) is 3.93. The van der Waals surface area contributed by atoms with Gasteiger partial charge in [-0.05, 0) is 46.4 Å². The first-order valence-electron chi connectivity index (χ1n) is 10.1. The van der Waals surface area contributed by atoms with Crippen molar-refractivity contribution in [2.45, 2.75) is 24.8 Å². The molecular weight excluding hydrogens is 414 g/mol. The summed E-state index contributed by atoms with van der Waals surface area (Å²) in [5.41, 5.74) is 5.33. The number of aliphatic carboxylic acids is 1. The molecular formula is C25H21ClNO4-. The van der Waals surface area contributed by atoms with E-state index in [2.05, 4.69) is 17.4 Å². The van der Waals surface area contributed by atoms with Gasteiger partial charge in [0.25, 0.3) is 0 Å². The molecule has 0 unspecified atom stereocenters. The van der Waals surface area contributed by atoms with Crippen LogP contribution in [0.15, 0.2) is 72.8 Å². The highest BCUT2D eigenvalue weighted by Gasteiger charge is 2.29. The fourth-order valence-electron chi connectivity index (χ4n) is 4.13. The Labute approximate surface area is 185 Å². The standard InChI is InChI=1S/C25H22ClNO4/c26-17-7-5-6-16(12-17)13-18(14-24(28)29)27-25(30)31-15-23-21-10-3-1-8-19(21)20-9-2-4-11-22(20)23/h1-12,18,23H,13-15H2,(H,27,30)(H,28,29)/p-1/t18-/m0/s1. The second-order valence-electron chi connectivity index (χ2n) is 7.58. The van der Waals surface area contributed by atoms with Crippen LogP contribution in [-0.2, 0) is 16.0 Å². The molecule has 5 nitrogen and oxygen atoms in total. The summed E-state index contributed by atoms with van der Waals surface area (Å²) in [4.78, 5) is 23.7. The van der Waals surface area contributed by atoms with Crippen LogP contribution in [0.3, 0.4) is 0 Å². The van der Waals surface area contributed by atoms with Gasteiger partial charge in [0.1, 0.15) is 6.61 Å². The molecule has 3 aromatic carbocycles. The lowest BCUT2D eigenvalue weighted by Crippen LogP contribution is -2.41. The van der Waals surface area contributed by atoms with Crippen molar-refractivity contribution in [3.63, 3.8) is 0 Å². The number of rotatable bonds is 7. The van der Waals surface area contributed by atoms with Crippen LogP contribution in [0, 0.1) is 0 Å². The molecule has 3 aromatic rings. The van der Waals surface area contributed by atoms with Gasteiger partial charge in [0, 0.05) is 29.4 Å². The maximum atomic E-state index is 12.5. The molecule has 0 saturated carbocycles. The maximum Gasteiger partial charge on any atom is 0.407 e. The van der Waals surface area contributed by atoms with Crippen molar-refractivity contribution in [3.8, 4) is 11.1 Å². The Kier molecular flexibility index (Phi) is 6.23. The zero-order valence-electron chi connectivity index (χ0n) is 16.7. The lowest BCUT2D eigenvalue weighted by Gasteiger charge is -2.20. The summed E-state index contributed by atoms with van der Waals surface area (Å²) in [6.45, 7) is 0.162. The molecule has 0 radical (unpaired) electrons. The molecule has 0 fully saturated rings. The zero-order valence-corrected chi connectivity index (χ0v) is 17.5. The number of carboxylic acid groups (broad SMARTS) is 1. The van der Waals surface area contributed by atoms with Gasteiger partial charge in [-0.3, -0.25) is 0 Å². The SMILES string of the molecule is O=C([O-])C[C@H](Cc1cccc(Cl)c1)NC(=O)OCC1c2ccccc2-c2ccccc21. The van der Waals surface area contributed by atoms with Crippen LogP contribution in [0.2, 0.25) is 5.02 Å². The first-order valence-corrected chi connectivity index (χ1v) is 10.4. The van der Waals surface area contributed by atoms with Crippen LogP contribution >= 0.6 is 11.6 Å². The van der Waals surface area contributed by atoms with Gasteiger partial charge in [0.05, 0.1) is 0 Å². The van der Waals surface area contributed by atoms with E-state index in [0.29, 0.717) is 11.4 Å². The minimum absolute atomic E-state index is 0.0642. The highest BCUT2D eigenvalue weighted by atomic mass is 35.5.